The van der Waals surface area contributed by atoms with Crippen molar-refractivity contribution in [1.29, 1.82) is 0 Å². The Hall–Kier alpha value is -5.64. The summed E-state index contributed by atoms with van der Waals surface area (Å²) in [5, 5.41) is 11.7. The van der Waals surface area contributed by atoms with E-state index in [9.17, 15) is 27.9 Å². The highest BCUT2D eigenvalue weighted by molar-refractivity contribution is 6.33. The van der Waals surface area contributed by atoms with Gasteiger partial charge in [-0.25, -0.2) is 4.98 Å². The highest BCUT2D eigenvalue weighted by Gasteiger charge is 2.70. The second kappa shape index (κ2) is 16.2. The molecule has 0 radical (unpaired) electrons. The number of likely N-dealkylation sites (tertiary alicyclic amines) is 2. The molecule has 12 nitrogen and oxygen atoms in total. The van der Waals surface area contributed by atoms with E-state index in [2.05, 4.69) is 27.4 Å². The van der Waals surface area contributed by atoms with Crippen molar-refractivity contribution in [3.63, 3.8) is 0 Å². The second-order valence-corrected chi connectivity index (χ2v) is 17.6. The molecule has 4 fully saturated rings. The number of aromatic hydroxyl groups is 1. The number of amides is 4. The number of carbonyl (C=O) groups excluding carboxylic acids is 4. The molecule has 4 amide bonds. The zero-order valence-electron chi connectivity index (χ0n) is 34.1. The number of aromatic nitrogens is 1. The van der Waals surface area contributed by atoms with Gasteiger partial charge in [0.2, 0.25) is 17.6 Å². The SMILES string of the molecule is COc1cc([C@H]2C3=CC[C@@H]4C(=O)N(C5CCN(Cc6ccccc6)CC5)C(=O)[C@@H]4[C@@H]3C[C@H]3C(=O)N(Nc4ncc(C(F)(F)F)cc4Cl)C(=O)[C@@]23c2ccc(Cl)cc2)cc(OC)c1O. The molecule has 9 rings (SSSR count). The predicted molar refractivity (Wildman–Crippen MR) is 225 cm³/mol. The van der Waals surface area contributed by atoms with Gasteiger partial charge in [0.1, 0.15) is 0 Å². The Bertz CT molecular complexity index is 2510. The lowest BCUT2D eigenvalue weighted by molar-refractivity contribution is -0.144. The number of pyridine rings is 1. The topological polar surface area (TPSA) is 142 Å². The quantitative estimate of drug-likeness (QED) is 0.126. The Balaban J connectivity index is 1.14. The minimum absolute atomic E-state index is 0.00737. The van der Waals surface area contributed by atoms with Crippen LogP contribution in [0.4, 0.5) is 19.0 Å². The van der Waals surface area contributed by atoms with E-state index in [-0.39, 0.29) is 53.8 Å². The van der Waals surface area contributed by atoms with Crippen molar-refractivity contribution in [2.24, 2.45) is 23.7 Å². The van der Waals surface area contributed by atoms with Gasteiger partial charge in [0.25, 0.3) is 11.8 Å². The highest BCUT2D eigenvalue weighted by atomic mass is 35.5. The number of hydrazine groups is 1. The van der Waals surface area contributed by atoms with Crippen LogP contribution in [0.2, 0.25) is 10.0 Å². The number of anilines is 1. The van der Waals surface area contributed by atoms with Crippen LogP contribution >= 0.6 is 23.2 Å². The predicted octanol–water partition coefficient (Wildman–Crippen LogP) is 7.78. The Morgan fingerprint density at radius 2 is 1.56 bits per heavy atom. The van der Waals surface area contributed by atoms with Crippen molar-refractivity contribution >= 4 is 52.6 Å². The van der Waals surface area contributed by atoms with Crippen LogP contribution in [-0.2, 0) is 37.3 Å². The first-order chi connectivity index (χ1) is 30.2. The Morgan fingerprint density at radius 3 is 2.17 bits per heavy atom. The summed E-state index contributed by atoms with van der Waals surface area (Å²) in [6, 6.07) is 19.9. The minimum Gasteiger partial charge on any atom is -0.502 e. The molecule has 1 aromatic heterocycles. The van der Waals surface area contributed by atoms with E-state index in [1.165, 1.54) is 24.7 Å². The van der Waals surface area contributed by atoms with E-state index in [4.69, 9.17) is 32.7 Å². The second-order valence-electron chi connectivity index (χ2n) is 16.7. The van der Waals surface area contributed by atoms with Crippen LogP contribution in [0.1, 0.15) is 53.9 Å². The average molecular weight is 905 g/mol. The lowest BCUT2D eigenvalue weighted by Crippen LogP contribution is -2.53. The number of ether oxygens (including phenoxy) is 2. The minimum atomic E-state index is -4.77. The van der Waals surface area contributed by atoms with Crippen molar-refractivity contribution in [3.05, 3.63) is 123 Å². The number of halogens is 5. The zero-order valence-corrected chi connectivity index (χ0v) is 35.6. The Kier molecular flexibility index (Phi) is 10.9. The van der Waals surface area contributed by atoms with Crippen molar-refractivity contribution < 1.29 is 46.9 Å². The van der Waals surface area contributed by atoms with Gasteiger partial charge < -0.3 is 14.6 Å². The van der Waals surface area contributed by atoms with Crippen molar-refractivity contribution in [2.75, 3.05) is 32.7 Å². The number of hydrogen-bond acceptors (Lipinski definition) is 10. The number of nitrogens with zero attached hydrogens (tertiary/aromatic N) is 4. The molecule has 0 unspecified atom stereocenters. The van der Waals surface area contributed by atoms with Crippen LogP contribution < -0.4 is 14.9 Å². The molecule has 3 aromatic carbocycles. The van der Waals surface area contributed by atoms with Gasteiger partial charge in [0.05, 0.1) is 48.0 Å². The van der Waals surface area contributed by atoms with Gasteiger partial charge >= 0.3 is 6.18 Å². The maximum Gasteiger partial charge on any atom is 0.417 e. The fourth-order valence-corrected chi connectivity index (χ4v) is 11.1. The van der Waals surface area contributed by atoms with Crippen LogP contribution in [-0.4, -0.2) is 81.9 Å². The molecule has 17 heteroatoms. The van der Waals surface area contributed by atoms with Gasteiger partial charge in [-0.2, -0.15) is 18.2 Å². The summed E-state index contributed by atoms with van der Waals surface area (Å²) in [5.74, 6) is -7.35. The lowest BCUT2D eigenvalue weighted by Gasteiger charge is -2.50. The summed E-state index contributed by atoms with van der Waals surface area (Å²) in [6.07, 6.45) is -0.989. The van der Waals surface area contributed by atoms with Crippen LogP contribution in [0.3, 0.4) is 0 Å². The molecule has 2 N–H and O–H groups in total. The number of benzene rings is 3. The van der Waals surface area contributed by atoms with Crippen LogP contribution in [0, 0.1) is 23.7 Å². The largest absolute Gasteiger partial charge is 0.502 e. The molecular weight excluding hydrogens is 862 g/mol. The molecule has 63 heavy (non-hydrogen) atoms. The van der Waals surface area contributed by atoms with Gasteiger partial charge in [0.15, 0.2) is 17.3 Å². The van der Waals surface area contributed by atoms with E-state index in [0.717, 1.165) is 11.6 Å². The molecule has 1 saturated carbocycles. The number of nitrogens with one attached hydrogen (secondary N) is 1. The average Bonchev–Trinajstić information content (AvgIpc) is 3.65. The number of fused-ring (bicyclic) bond motifs is 4. The number of carbonyl (C=O) groups is 4. The van der Waals surface area contributed by atoms with E-state index in [1.807, 2.05) is 24.3 Å². The molecule has 328 valence electrons. The number of imide groups is 2. The molecule has 3 aliphatic heterocycles. The normalized spacial score (nSPS) is 26.3. The fraction of sp³-hybridized carbons (Fsp3) is 0.370. The van der Waals surface area contributed by atoms with Gasteiger partial charge in [-0.15, -0.1) is 0 Å². The summed E-state index contributed by atoms with van der Waals surface area (Å²) in [7, 11) is 2.70. The number of hydrogen-bond donors (Lipinski definition) is 2. The van der Waals surface area contributed by atoms with Gasteiger partial charge in [-0.05, 0) is 78.6 Å². The number of methoxy groups -OCH3 is 2. The number of allylic oxidation sites excluding steroid dienone is 2. The van der Waals surface area contributed by atoms with Gasteiger partial charge in [0, 0.05) is 42.8 Å². The van der Waals surface area contributed by atoms with E-state index in [1.54, 1.807) is 36.4 Å². The van der Waals surface area contributed by atoms with E-state index >= 15 is 9.59 Å². The zero-order chi connectivity index (χ0) is 44.5. The summed E-state index contributed by atoms with van der Waals surface area (Å²) in [5.41, 5.74) is 2.28. The monoisotopic (exact) mass is 903 g/mol. The number of phenols is 1. The van der Waals surface area contributed by atoms with Crippen LogP contribution in [0.5, 0.6) is 17.2 Å². The van der Waals surface area contributed by atoms with Crippen LogP contribution in [0.15, 0.2) is 90.6 Å². The van der Waals surface area contributed by atoms with Crippen molar-refractivity contribution in [1.82, 2.24) is 19.8 Å². The smallest absolute Gasteiger partial charge is 0.417 e. The van der Waals surface area contributed by atoms with Crippen LogP contribution in [0.25, 0.3) is 0 Å². The number of alkyl halides is 3. The summed E-state index contributed by atoms with van der Waals surface area (Å²) in [4.78, 5) is 67.6. The standard InChI is InChI=1S/C46H42Cl2F3N5O7/c1-62-35-18-25(19-36(63-2)39(35)57)38-30-12-13-31-37(43(60)55(41(31)58)29-14-16-54(17-15-29)23-24-6-4-3-5-7-24)32(30)21-33-42(59)56(44(61)45(33,38)26-8-10-28(47)11-9-26)53-40-34(48)20-27(22-52-40)46(49,50)51/h3-12,18-20,22,29,31-33,37-38,57H,13-17,21,23H2,1-2H3,(H,52,53)/t31-,32+,33-,37-,38-,45+/m0/s1. The van der Waals surface area contributed by atoms with E-state index < -0.39 is 63.6 Å². The molecule has 4 heterocycles. The van der Waals surface area contributed by atoms with Gasteiger partial charge in [-0.1, -0.05) is 77.3 Å². The molecule has 3 saturated heterocycles. The van der Waals surface area contributed by atoms with Crippen molar-refractivity contribution in [2.45, 2.75) is 55.8 Å². The number of rotatable bonds is 9. The lowest BCUT2D eigenvalue weighted by atomic mass is 9.49. The maximum atomic E-state index is 15.6. The third kappa shape index (κ3) is 6.99. The summed E-state index contributed by atoms with van der Waals surface area (Å²) in [6.45, 7) is 2.13. The Labute approximate surface area is 370 Å². The number of phenolic OH excluding ortho intramolecular Hbond substituents is 1. The third-order valence-corrected chi connectivity index (χ3v) is 14.1. The van der Waals surface area contributed by atoms with Crippen molar-refractivity contribution in [3.8, 4) is 17.2 Å². The maximum absolute atomic E-state index is 15.6. The Morgan fingerprint density at radius 1 is 0.889 bits per heavy atom. The highest BCUT2D eigenvalue weighted by Crippen LogP contribution is 2.65. The first kappa shape index (κ1) is 42.7. The fourth-order valence-electron chi connectivity index (χ4n) is 10.8. The molecule has 6 atom stereocenters. The number of piperidine rings is 1. The summed E-state index contributed by atoms with van der Waals surface area (Å²) >= 11 is 12.7. The first-order valence-corrected chi connectivity index (χ1v) is 21.3. The molecule has 2 aliphatic carbocycles. The first-order valence-electron chi connectivity index (χ1n) is 20.6. The molecule has 5 aliphatic rings. The molecule has 0 bridgehead atoms. The van der Waals surface area contributed by atoms with E-state index in [0.29, 0.717) is 59.9 Å². The molecule has 0 spiro atoms. The molecular formula is C46H42Cl2F3N5O7. The third-order valence-electron chi connectivity index (χ3n) is 13.6. The summed E-state index contributed by atoms with van der Waals surface area (Å²) < 4.78 is 52.0. The molecule has 4 aromatic rings. The van der Waals surface area contributed by atoms with Gasteiger partial charge in [-0.3, -0.25) is 34.4 Å².